The molecular weight excluding hydrogens is 340 g/mol. The highest BCUT2D eigenvalue weighted by atomic mass is 16.3. The van der Waals surface area contributed by atoms with E-state index in [1.807, 2.05) is 17.9 Å². The Morgan fingerprint density at radius 2 is 2.04 bits per heavy atom. The van der Waals surface area contributed by atoms with Gasteiger partial charge in [0, 0.05) is 31.7 Å². The second-order valence-electron chi connectivity index (χ2n) is 8.01. The number of carbonyl (C=O) groups excluding carboxylic acids is 2. The summed E-state index contributed by atoms with van der Waals surface area (Å²) in [5.41, 5.74) is 2.78. The van der Waals surface area contributed by atoms with Crippen LogP contribution in [0.2, 0.25) is 0 Å². The Morgan fingerprint density at radius 3 is 2.78 bits per heavy atom. The van der Waals surface area contributed by atoms with Crippen molar-refractivity contribution < 1.29 is 14.0 Å². The number of benzene rings is 1. The van der Waals surface area contributed by atoms with E-state index in [4.69, 9.17) is 4.42 Å². The molecule has 0 N–H and O–H groups in total. The van der Waals surface area contributed by atoms with E-state index in [0.29, 0.717) is 25.4 Å². The van der Waals surface area contributed by atoms with Crippen LogP contribution in [0.4, 0.5) is 0 Å². The second kappa shape index (κ2) is 6.87. The van der Waals surface area contributed by atoms with E-state index in [2.05, 4.69) is 25.1 Å². The summed E-state index contributed by atoms with van der Waals surface area (Å²) in [5, 5.41) is 0. The van der Waals surface area contributed by atoms with Crippen molar-refractivity contribution in [2.75, 3.05) is 19.6 Å². The molecule has 27 heavy (non-hydrogen) atoms. The molecule has 1 spiro atoms. The lowest BCUT2D eigenvalue weighted by Crippen LogP contribution is -2.50. The van der Waals surface area contributed by atoms with Gasteiger partial charge in [0.15, 0.2) is 5.76 Å². The number of nitrogens with zero attached hydrogens (tertiary/aromatic N) is 2. The van der Waals surface area contributed by atoms with Gasteiger partial charge in [-0.15, -0.1) is 0 Å². The molecule has 2 aliphatic heterocycles. The smallest absolute Gasteiger partial charge is 0.289 e. The molecule has 2 aliphatic rings. The molecule has 1 aromatic carbocycles. The number of likely N-dealkylation sites (tertiary alicyclic amines) is 2. The summed E-state index contributed by atoms with van der Waals surface area (Å²) in [4.78, 5) is 29.9. The first-order valence-corrected chi connectivity index (χ1v) is 9.67. The van der Waals surface area contributed by atoms with Gasteiger partial charge in [-0.3, -0.25) is 9.59 Å². The lowest BCUT2D eigenvalue weighted by Gasteiger charge is -2.39. The van der Waals surface area contributed by atoms with Crippen LogP contribution in [0.5, 0.6) is 0 Å². The minimum Gasteiger partial charge on any atom is -0.459 e. The van der Waals surface area contributed by atoms with Crippen molar-refractivity contribution in [3.63, 3.8) is 0 Å². The molecule has 2 aromatic rings. The van der Waals surface area contributed by atoms with Crippen molar-refractivity contribution in [2.24, 2.45) is 5.41 Å². The summed E-state index contributed by atoms with van der Waals surface area (Å²) in [6, 6.07) is 10.1. The largest absolute Gasteiger partial charge is 0.459 e. The number of aryl methyl sites for hydroxylation is 2. The van der Waals surface area contributed by atoms with E-state index in [0.717, 1.165) is 36.9 Å². The van der Waals surface area contributed by atoms with Crippen LogP contribution in [0, 0.1) is 19.3 Å². The van der Waals surface area contributed by atoms with Crippen LogP contribution in [0.25, 0.3) is 0 Å². The van der Waals surface area contributed by atoms with Gasteiger partial charge in [0.1, 0.15) is 0 Å². The van der Waals surface area contributed by atoms with Crippen molar-refractivity contribution >= 4 is 11.8 Å². The van der Waals surface area contributed by atoms with Crippen LogP contribution < -0.4 is 0 Å². The molecule has 142 valence electrons. The Bertz CT molecular complexity index is 872. The Balaban J connectivity index is 1.49. The Hall–Kier alpha value is -2.56. The van der Waals surface area contributed by atoms with Crippen molar-refractivity contribution in [1.82, 2.24) is 9.80 Å². The topological polar surface area (TPSA) is 53.8 Å². The molecule has 0 radical (unpaired) electrons. The van der Waals surface area contributed by atoms with Gasteiger partial charge in [-0.1, -0.05) is 29.8 Å². The standard InChI is InChI=1S/C22H26N2O3/c1-16-5-3-6-18(13-16)14-23-10-4-8-22(21(23)26)9-11-24(15-22)20(25)19-17(2)7-12-27-19/h3,5-7,12-13H,4,8-11,14-15H2,1-2H3/t22-/m1/s1. The first kappa shape index (κ1) is 17.8. The quantitative estimate of drug-likeness (QED) is 0.835. The van der Waals surface area contributed by atoms with Gasteiger partial charge < -0.3 is 14.2 Å². The van der Waals surface area contributed by atoms with Gasteiger partial charge in [0.05, 0.1) is 11.7 Å². The molecule has 1 aromatic heterocycles. The zero-order chi connectivity index (χ0) is 19.0. The second-order valence-corrected chi connectivity index (χ2v) is 8.01. The van der Waals surface area contributed by atoms with Crippen molar-refractivity contribution in [2.45, 2.75) is 39.7 Å². The Morgan fingerprint density at radius 1 is 1.19 bits per heavy atom. The van der Waals surface area contributed by atoms with E-state index in [1.165, 1.54) is 5.56 Å². The van der Waals surface area contributed by atoms with Crippen LogP contribution in [0.1, 0.15) is 46.5 Å². The molecule has 5 heteroatoms. The number of rotatable bonds is 3. The van der Waals surface area contributed by atoms with E-state index in [-0.39, 0.29) is 11.8 Å². The summed E-state index contributed by atoms with van der Waals surface area (Å²) in [6.45, 7) is 6.49. The van der Waals surface area contributed by atoms with E-state index < -0.39 is 5.41 Å². The molecule has 0 saturated carbocycles. The fourth-order valence-electron chi connectivity index (χ4n) is 4.49. The number of furan rings is 1. The molecule has 0 unspecified atom stereocenters. The number of piperidine rings is 1. The lowest BCUT2D eigenvalue weighted by molar-refractivity contribution is -0.146. The van der Waals surface area contributed by atoms with Crippen molar-refractivity contribution in [3.05, 3.63) is 59.0 Å². The molecular formula is C22H26N2O3. The van der Waals surface area contributed by atoms with Crippen LogP contribution in [0.3, 0.4) is 0 Å². The number of hydrogen-bond acceptors (Lipinski definition) is 3. The molecule has 2 fully saturated rings. The Labute approximate surface area is 159 Å². The van der Waals surface area contributed by atoms with Gasteiger partial charge in [0.25, 0.3) is 5.91 Å². The van der Waals surface area contributed by atoms with Gasteiger partial charge >= 0.3 is 0 Å². The third kappa shape index (κ3) is 3.27. The van der Waals surface area contributed by atoms with E-state index in [9.17, 15) is 9.59 Å². The average Bonchev–Trinajstić information content (AvgIpc) is 3.26. The van der Waals surface area contributed by atoms with Crippen molar-refractivity contribution in [1.29, 1.82) is 0 Å². The van der Waals surface area contributed by atoms with Gasteiger partial charge in [-0.05, 0) is 44.7 Å². The van der Waals surface area contributed by atoms with Crippen LogP contribution in [-0.4, -0.2) is 41.2 Å². The summed E-state index contributed by atoms with van der Waals surface area (Å²) < 4.78 is 5.37. The highest BCUT2D eigenvalue weighted by Gasteiger charge is 2.49. The van der Waals surface area contributed by atoms with Crippen molar-refractivity contribution in [3.8, 4) is 0 Å². The fraction of sp³-hybridized carbons (Fsp3) is 0.455. The first-order valence-electron chi connectivity index (χ1n) is 9.67. The first-order chi connectivity index (χ1) is 13.0. The predicted octanol–water partition coefficient (Wildman–Crippen LogP) is 3.55. The molecule has 5 nitrogen and oxygen atoms in total. The highest BCUT2D eigenvalue weighted by Crippen LogP contribution is 2.41. The minimum absolute atomic E-state index is 0.0991. The number of amides is 2. The zero-order valence-corrected chi connectivity index (χ0v) is 16.0. The van der Waals surface area contributed by atoms with Crippen LogP contribution in [0.15, 0.2) is 41.0 Å². The van der Waals surface area contributed by atoms with E-state index in [1.54, 1.807) is 17.2 Å². The molecule has 1 atom stereocenters. The molecule has 0 aliphatic carbocycles. The third-order valence-electron chi connectivity index (χ3n) is 5.98. The van der Waals surface area contributed by atoms with Crippen LogP contribution in [-0.2, 0) is 11.3 Å². The predicted molar refractivity (Wildman–Crippen MR) is 102 cm³/mol. The maximum absolute atomic E-state index is 13.3. The zero-order valence-electron chi connectivity index (χ0n) is 16.0. The molecule has 3 heterocycles. The van der Waals surface area contributed by atoms with Gasteiger partial charge in [-0.25, -0.2) is 0 Å². The van der Waals surface area contributed by atoms with Gasteiger partial charge in [-0.2, -0.15) is 0 Å². The maximum atomic E-state index is 13.3. The highest BCUT2D eigenvalue weighted by molar-refractivity contribution is 5.94. The Kier molecular flexibility index (Phi) is 4.54. The van der Waals surface area contributed by atoms with E-state index >= 15 is 0 Å². The van der Waals surface area contributed by atoms with Gasteiger partial charge in [0.2, 0.25) is 5.91 Å². The summed E-state index contributed by atoms with van der Waals surface area (Å²) in [7, 11) is 0. The maximum Gasteiger partial charge on any atom is 0.289 e. The fourth-order valence-corrected chi connectivity index (χ4v) is 4.49. The molecule has 2 amide bonds. The summed E-state index contributed by atoms with van der Waals surface area (Å²) in [6.07, 6.45) is 4.13. The monoisotopic (exact) mass is 366 g/mol. The summed E-state index contributed by atoms with van der Waals surface area (Å²) >= 11 is 0. The normalized spacial score (nSPS) is 22.7. The average molecular weight is 366 g/mol. The lowest BCUT2D eigenvalue weighted by atomic mass is 9.78. The molecule has 4 rings (SSSR count). The minimum atomic E-state index is -0.432. The number of hydrogen-bond donors (Lipinski definition) is 0. The third-order valence-corrected chi connectivity index (χ3v) is 5.98. The number of carbonyl (C=O) groups is 2. The molecule has 0 bridgehead atoms. The summed E-state index contributed by atoms with van der Waals surface area (Å²) in [5.74, 6) is 0.492. The SMILES string of the molecule is Cc1cccc(CN2CCC[C@]3(CCN(C(=O)c4occc4C)C3)C2=O)c1. The van der Waals surface area contributed by atoms with Crippen LogP contribution >= 0.6 is 0 Å². The molecule has 2 saturated heterocycles.